The summed E-state index contributed by atoms with van der Waals surface area (Å²) < 4.78 is 0. The molecule has 4 nitrogen and oxygen atoms in total. The van der Waals surface area contributed by atoms with Crippen LogP contribution in [0.5, 0.6) is 0 Å². The summed E-state index contributed by atoms with van der Waals surface area (Å²) in [7, 11) is 0. The van der Waals surface area contributed by atoms with E-state index in [2.05, 4.69) is 12.2 Å². The minimum atomic E-state index is -0.316. The summed E-state index contributed by atoms with van der Waals surface area (Å²) in [6, 6.07) is 15.6. The number of benzene rings is 2. The van der Waals surface area contributed by atoms with E-state index in [1.165, 1.54) is 5.56 Å². The molecule has 3 rings (SSSR count). The van der Waals surface area contributed by atoms with Gasteiger partial charge in [0.25, 0.3) is 0 Å². The van der Waals surface area contributed by atoms with E-state index >= 15 is 0 Å². The van der Waals surface area contributed by atoms with Crippen LogP contribution in [0.4, 0.5) is 11.4 Å². The van der Waals surface area contributed by atoms with Gasteiger partial charge in [-0.15, -0.1) is 0 Å². The molecule has 24 heavy (non-hydrogen) atoms. The van der Waals surface area contributed by atoms with E-state index in [-0.39, 0.29) is 24.2 Å². The van der Waals surface area contributed by atoms with E-state index in [0.717, 1.165) is 23.4 Å². The fraction of sp³-hybridized carbons (Fsp3) is 0.300. The van der Waals surface area contributed by atoms with Crippen molar-refractivity contribution in [2.45, 2.75) is 26.7 Å². The van der Waals surface area contributed by atoms with Crippen LogP contribution in [-0.4, -0.2) is 18.4 Å². The lowest BCUT2D eigenvalue weighted by atomic mass is 10.1. The highest BCUT2D eigenvalue weighted by atomic mass is 16.2. The summed E-state index contributed by atoms with van der Waals surface area (Å²) in [6.45, 7) is 4.52. The van der Waals surface area contributed by atoms with Crippen LogP contribution in [-0.2, 0) is 16.0 Å². The molecule has 124 valence electrons. The molecule has 0 aliphatic carbocycles. The van der Waals surface area contributed by atoms with Crippen LogP contribution in [0.3, 0.4) is 0 Å². The number of amides is 2. The molecule has 0 unspecified atom stereocenters. The Morgan fingerprint density at radius 3 is 2.67 bits per heavy atom. The smallest absolute Gasteiger partial charge is 0.229 e. The van der Waals surface area contributed by atoms with Crippen LogP contribution in [0.2, 0.25) is 0 Å². The number of hydrogen-bond donors (Lipinski definition) is 1. The van der Waals surface area contributed by atoms with Crippen molar-refractivity contribution in [1.29, 1.82) is 0 Å². The zero-order valence-electron chi connectivity index (χ0n) is 14.1. The van der Waals surface area contributed by atoms with E-state index in [4.69, 9.17) is 0 Å². The average Bonchev–Trinajstić information content (AvgIpc) is 2.98. The maximum absolute atomic E-state index is 12.5. The molecule has 1 fully saturated rings. The van der Waals surface area contributed by atoms with Crippen molar-refractivity contribution in [3.63, 3.8) is 0 Å². The van der Waals surface area contributed by atoms with Crippen molar-refractivity contribution >= 4 is 23.2 Å². The second kappa shape index (κ2) is 6.87. The van der Waals surface area contributed by atoms with Gasteiger partial charge in [-0.1, -0.05) is 36.8 Å². The van der Waals surface area contributed by atoms with Crippen molar-refractivity contribution in [2.75, 3.05) is 16.8 Å². The molecule has 1 N–H and O–H groups in total. The molecule has 0 bridgehead atoms. The molecule has 2 amide bonds. The van der Waals surface area contributed by atoms with Gasteiger partial charge >= 0.3 is 0 Å². The lowest BCUT2D eigenvalue weighted by molar-refractivity contribution is -0.122. The Kier molecular flexibility index (Phi) is 4.65. The van der Waals surface area contributed by atoms with Crippen molar-refractivity contribution in [1.82, 2.24) is 0 Å². The van der Waals surface area contributed by atoms with Gasteiger partial charge in [0, 0.05) is 24.3 Å². The Bertz CT molecular complexity index is 752. The predicted molar refractivity (Wildman–Crippen MR) is 96.1 cm³/mol. The summed E-state index contributed by atoms with van der Waals surface area (Å²) in [6.07, 6.45) is 1.18. The van der Waals surface area contributed by atoms with Crippen LogP contribution < -0.4 is 10.2 Å². The Morgan fingerprint density at radius 1 is 1.21 bits per heavy atom. The van der Waals surface area contributed by atoms with Gasteiger partial charge in [-0.2, -0.15) is 0 Å². The van der Waals surface area contributed by atoms with Crippen LogP contribution >= 0.6 is 0 Å². The maximum Gasteiger partial charge on any atom is 0.229 e. The fourth-order valence-corrected chi connectivity index (χ4v) is 2.97. The highest BCUT2D eigenvalue weighted by molar-refractivity contribution is 6.03. The molecular formula is C20H22N2O2. The number of hydrogen-bond acceptors (Lipinski definition) is 2. The molecule has 0 aromatic heterocycles. The number of nitrogens with one attached hydrogen (secondary N) is 1. The molecule has 1 heterocycles. The van der Waals surface area contributed by atoms with E-state index in [9.17, 15) is 9.59 Å². The van der Waals surface area contributed by atoms with Crippen LogP contribution in [0.25, 0.3) is 0 Å². The van der Waals surface area contributed by atoms with E-state index < -0.39 is 0 Å². The molecular weight excluding hydrogens is 300 g/mol. The lowest BCUT2D eigenvalue weighted by Crippen LogP contribution is -2.28. The number of nitrogens with zero attached hydrogens (tertiary/aromatic N) is 1. The van der Waals surface area contributed by atoms with Crippen molar-refractivity contribution in [3.05, 3.63) is 59.7 Å². The molecule has 1 aliphatic rings. The van der Waals surface area contributed by atoms with Gasteiger partial charge in [0.05, 0.1) is 5.92 Å². The van der Waals surface area contributed by atoms with Crippen molar-refractivity contribution < 1.29 is 9.59 Å². The third kappa shape index (κ3) is 3.48. The molecule has 1 atom stereocenters. The minimum Gasteiger partial charge on any atom is -0.326 e. The summed E-state index contributed by atoms with van der Waals surface area (Å²) in [5.41, 5.74) is 3.97. The highest BCUT2D eigenvalue weighted by Gasteiger charge is 2.35. The molecule has 0 spiro atoms. The van der Waals surface area contributed by atoms with Gasteiger partial charge in [0.2, 0.25) is 11.8 Å². The summed E-state index contributed by atoms with van der Waals surface area (Å²) >= 11 is 0. The van der Waals surface area contributed by atoms with Gasteiger partial charge in [-0.3, -0.25) is 9.59 Å². The zero-order chi connectivity index (χ0) is 17.1. The lowest BCUT2D eigenvalue weighted by Gasteiger charge is -2.17. The number of carbonyl (C=O) groups is 2. The third-order valence-corrected chi connectivity index (χ3v) is 4.44. The highest BCUT2D eigenvalue weighted by Crippen LogP contribution is 2.26. The normalized spacial score (nSPS) is 17.2. The van der Waals surface area contributed by atoms with E-state index in [0.29, 0.717) is 6.54 Å². The largest absolute Gasteiger partial charge is 0.326 e. The zero-order valence-corrected chi connectivity index (χ0v) is 14.1. The number of rotatable bonds is 4. The monoisotopic (exact) mass is 322 g/mol. The van der Waals surface area contributed by atoms with Crippen LogP contribution in [0.1, 0.15) is 24.5 Å². The number of carbonyl (C=O) groups excluding carboxylic acids is 2. The molecule has 2 aromatic rings. The third-order valence-electron chi connectivity index (χ3n) is 4.44. The summed E-state index contributed by atoms with van der Waals surface area (Å²) in [4.78, 5) is 26.5. The van der Waals surface area contributed by atoms with Crippen LogP contribution in [0.15, 0.2) is 48.5 Å². The first-order valence-electron chi connectivity index (χ1n) is 8.33. The van der Waals surface area contributed by atoms with E-state index in [1.807, 2.05) is 55.5 Å². The SMILES string of the molecule is CCc1cccc(NC(=O)[C@@H]2CC(=O)N(c3ccc(C)cc3)C2)c1. The predicted octanol–water partition coefficient (Wildman–Crippen LogP) is 3.55. The quantitative estimate of drug-likeness (QED) is 0.936. The maximum atomic E-state index is 12.5. The molecule has 0 radical (unpaired) electrons. The number of anilines is 2. The average molecular weight is 322 g/mol. The van der Waals surface area contributed by atoms with Gasteiger partial charge in [-0.25, -0.2) is 0 Å². The first-order chi connectivity index (χ1) is 11.6. The topological polar surface area (TPSA) is 49.4 Å². The van der Waals surface area contributed by atoms with Crippen molar-refractivity contribution in [3.8, 4) is 0 Å². The second-order valence-corrected chi connectivity index (χ2v) is 6.28. The minimum absolute atomic E-state index is 0.00121. The Hall–Kier alpha value is -2.62. The molecule has 1 aliphatic heterocycles. The standard InChI is InChI=1S/C20H22N2O2/c1-3-15-5-4-6-17(11-15)21-20(24)16-12-19(23)22(13-16)18-9-7-14(2)8-10-18/h4-11,16H,3,12-13H2,1-2H3,(H,21,24)/t16-/m1/s1. The van der Waals surface area contributed by atoms with Gasteiger partial charge in [0.1, 0.15) is 0 Å². The summed E-state index contributed by atoms with van der Waals surface area (Å²) in [5, 5.41) is 2.94. The van der Waals surface area contributed by atoms with Gasteiger partial charge < -0.3 is 10.2 Å². The Morgan fingerprint density at radius 2 is 1.96 bits per heavy atom. The Labute approximate surface area is 142 Å². The van der Waals surface area contributed by atoms with Crippen LogP contribution in [0, 0.1) is 12.8 Å². The summed E-state index contributed by atoms with van der Waals surface area (Å²) in [5.74, 6) is -0.406. The Balaban J connectivity index is 1.68. The van der Waals surface area contributed by atoms with Gasteiger partial charge in [0.15, 0.2) is 0 Å². The van der Waals surface area contributed by atoms with E-state index in [1.54, 1.807) is 4.90 Å². The second-order valence-electron chi connectivity index (χ2n) is 6.28. The molecule has 2 aromatic carbocycles. The number of aryl methyl sites for hydroxylation is 2. The van der Waals surface area contributed by atoms with Crippen molar-refractivity contribution in [2.24, 2.45) is 5.92 Å². The first kappa shape index (κ1) is 16.2. The van der Waals surface area contributed by atoms with Gasteiger partial charge in [-0.05, 0) is 43.2 Å². The first-order valence-corrected chi connectivity index (χ1v) is 8.33. The molecule has 1 saturated heterocycles. The fourth-order valence-electron chi connectivity index (χ4n) is 2.97. The molecule has 4 heteroatoms. The molecule has 0 saturated carbocycles.